The summed E-state index contributed by atoms with van der Waals surface area (Å²) in [7, 11) is 0. The number of ketones is 2. The zero-order chi connectivity index (χ0) is 18.7. The third kappa shape index (κ3) is 4.64. The number of Topliss-reactive ketones (excluding diaryl/α,β-unsaturated/α-hetero) is 2. The van der Waals surface area contributed by atoms with Crippen molar-refractivity contribution in [2.24, 2.45) is 11.1 Å². The van der Waals surface area contributed by atoms with E-state index in [1.54, 1.807) is 0 Å². The van der Waals surface area contributed by atoms with Crippen LogP contribution in [0, 0.1) is 5.41 Å². The molecule has 3 N–H and O–H groups in total. The van der Waals surface area contributed by atoms with Crippen LogP contribution in [0.5, 0.6) is 0 Å². The van der Waals surface area contributed by atoms with E-state index in [1.165, 1.54) is 6.92 Å². The van der Waals surface area contributed by atoms with Crippen LogP contribution in [0.3, 0.4) is 0 Å². The van der Waals surface area contributed by atoms with Crippen molar-refractivity contribution in [3.8, 4) is 0 Å². The zero-order valence-electron chi connectivity index (χ0n) is 14.7. The first kappa shape index (κ1) is 19.5. The molecule has 2 amide bonds. The second-order valence-electron chi connectivity index (χ2n) is 7.64. The van der Waals surface area contributed by atoms with Crippen molar-refractivity contribution in [3.63, 3.8) is 0 Å². The molecule has 6 nitrogen and oxygen atoms in total. The van der Waals surface area contributed by atoms with Crippen molar-refractivity contribution in [2.45, 2.75) is 82.8 Å². The highest BCUT2D eigenvalue weighted by Crippen LogP contribution is 2.43. The number of alkyl halides is 1. The average Bonchev–Trinajstić information content (AvgIpc) is 3.15. The van der Waals surface area contributed by atoms with Gasteiger partial charge >= 0.3 is 0 Å². The Balaban J connectivity index is 2.15. The molecule has 0 spiro atoms. The Kier molecular flexibility index (Phi) is 5.95. The molecule has 140 valence electrons. The molecule has 0 heterocycles. The minimum Gasteiger partial charge on any atom is -0.363 e. The van der Waals surface area contributed by atoms with E-state index in [0.717, 1.165) is 25.7 Å². The lowest BCUT2D eigenvalue weighted by atomic mass is 9.75. The van der Waals surface area contributed by atoms with Gasteiger partial charge in [0.15, 0.2) is 5.78 Å². The molecule has 0 unspecified atom stereocenters. The van der Waals surface area contributed by atoms with Gasteiger partial charge < -0.3 is 11.1 Å². The normalized spacial score (nSPS) is 22.3. The molecule has 1 atom stereocenters. The Hall–Kier alpha value is -1.79. The number of hydrogen-bond acceptors (Lipinski definition) is 4. The minimum atomic E-state index is -1.46. The first-order chi connectivity index (χ1) is 11.7. The summed E-state index contributed by atoms with van der Waals surface area (Å²) in [4.78, 5) is 47.9. The van der Waals surface area contributed by atoms with Crippen molar-refractivity contribution >= 4 is 23.4 Å². The fraction of sp³-hybridized carbons (Fsp3) is 0.778. The molecule has 2 aliphatic carbocycles. The van der Waals surface area contributed by atoms with E-state index in [1.807, 2.05) is 0 Å². The van der Waals surface area contributed by atoms with Crippen molar-refractivity contribution in [1.29, 1.82) is 0 Å². The SMILES string of the molecule is CC(=O)N[C@@H](CC1(F)CCCC1)C(=O)CC1(C(=O)C(N)=O)CCCC1. The summed E-state index contributed by atoms with van der Waals surface area (Å²) in [6, 6.07) is -0.973. The Morgan fingerprint density at radius 2 is 1.56 bits per heavy atom. The van der Waals surface area contributed by atoms with Crippen LogP contribution in [-0.2, 0) is 19.2 Å². The maximum Gasteiger partial charge on any atom is 0.285 e. The lowest BCUT2D eigenvalue weighted by Crippen LogP contribution is -2.47. The summed E-state index contributed by atoms with van der Waals surface area (Å²) in [6.45, 7) is 1.28. The molecule has 0 aromatic heterocycles. The van der Waals surface area contributed by atoms with Crippen molar-refractivity contribution in [1.82, 2.24) is 5.32 Å². The smallest absolute Gasteiger partial charge is 0.285 e. The molecule has 2 fully saturated rings. The molecular weight excluding hydrogens is 327 g/mol. The molecule has 2 rings (SSSR count). The summed E-state index contributed by atoms with van der Waals surface area (Å²) in [5, 5.41) is 2.54. The number of nitrogens with one attached hydrogen (secondary N) is 1. The van der Waals surface area contributed by atoms with Gasteiger partial charge in [-0.15, -0.1) is 0 Å². The van der Waals surface area contributed by atoms with Gasteiger partial charge in [0.1, 0.15) is 5.67 Å². The van der Waals surface area contributed by atoms with Crippen molar-refractivity contribution in [3.05, 3.63) is 0 Å². The Labute approximate surface area is 147 Å². The van der Waals surface area contributed by atoms with E-state index in [-0.39, 0.29) is 12.8 Å². The van der Waals surface area contributed by atoms with Gasteiger partial charge in [-0.05, 0) is 25.7 Å². The van der Waals surface area contributed by atoms with Crippen LogP contribution in [0.4, 0.5) is 4.39 Å². The Morgan fingerprint density at radius 1 is 1.04 bits per heavy atom. The first-order valence-corrected chi connectivity index (χ1v) is 9.00. The first-order valence-electron chi connectivity index (χ1n) is 9.00. The van der Waals surface area contributed by atoms with Gasteiger partial charge in [0.25, 0.3) is 5.91 Å². The molecular formula is C18H27FN2O4. The molecule has 0 saturated heterocycles. The number of nitrogens with two attached hydrogens (primary N) is 1. The fourth-order valence-corrected chi connectivity index (χ4v) is 4.32. The highest BCUT2D eigenvalue weighted by Gasteiger charge is 2.47. The largest absolute Gasteiger partial charge is 0.363 e. The number of hydrogen-bond donors (Lipinski definition) is 2. The lowest BCUT2D eigenvalue weighted by molar-refractivity contribution is -0.144. The number of halogens is 1. The minimum absolute atomic E-state index is 0.0771. The molecule has 25 heavy (non-hydrogen) atoms. The summed E-state index contributed by atoms with van der Waals surface area (Å²) in [5.74, 6) is -2.57. The number of primary amides is 1. The summed E-state index contributed by atoms with van der Waals surface area (Å²) in [6.07, 6.45) is 4.37. The third-order valence-corrected chi connectivity index (χ3v) is 5.61. The predicted octanol–water partition coefficient (Wildman–Crippen LogP) is 1.74. The second-order valence-corrected chi connectivity index (χ2v) is 7.64. The van der Waals surface area contributed by atoms with Crippen LogP contribution in [0.15, 0.2) is 0 Å². The average molecular weight is 354 g/mol. The Bertz CT molecular complexity index is 563. The number of carbonyl (C=O) groups is 4. The van der Waals surface area contributed by atoms with Gasteiger partial charge in [-0.1, -0.05) is 25.7 Å². The van der Waals surface area contributed by atoms with Gasteiger partial charge in [-0.3, -0.25) is 19.2 Å². The van der Waals surface area contributed by atoms with Gasteiger partial charge in [-0.2, -0.15) is 0 Å². The van der Waals surface area contributed by atoms with Crippen LogP contribution in [0.25, 0.3) is 0 Å². The Morgan fingerprint density at radius 3 is 2.04 bits per heavy atom. The van der Waals surface area contributed by atoms with Crippen molar-refractivity contribution < 1.29 is 23.6 Å². The van der Waals surface area contributed by atoms with Gasteiger partial charge in [0.05, 0.1) is 6.04 Å². The molecule has 0 aromatic rings. The second kappa shape index (κ2) is 7.62. The zero-order valence-corrected chi connectivity index (χ0v) is 14.7. The van der Waals surface area contributed by atoms with Crippen LogP contribution in [0.1, 0.15) is 71.1 Å². The topological polar surface area (TPSA) is 106 Å². The van der Waals surface area contributed by atoms with E-state index in [4.69, 9.17) is 5.73 Å². The molecule has 0 radical (unpaired) electrons. The van der Waals surface area contributed by atoms with E-state index < -0.39 is 40.5 Å². The number of carbonyl (C=O) groups excluding carboxylic acids is 4. The molecule has 2 aliphatic rings. The van der Waals surface area contributed by atoms with Crippen LogP contribution >= 0.6 is 0 Å². The monoisotopic (exact) mass is 354 g/mol. The molecule has 2 saturated carbocycles. The highest BCUT2D eigenvalue weighted by atomic mass is 19.1. The third-order valence-electron chi connectivity index (χ3n) is 5.61. The molecule has 7 heteroatoms. The highest BCUT2D eigenvalue weighted by molar-refractivity contribution is 6.38. The summed E-state index contributed by atoms with van der Waals surface area (Å²) in [5.41, 5.74) is 2.61. The van der Waals surface area contributed by atoms with Gasteiger partial charge in [0, 0.05) is 25.2 Å². The molecule has 0 aromatic carbocycles. The van der Waals surface area contributed by atoms with Gasteiger partial charge in [0.2, 0.25) is 11.7 Å². The van der Waals surface area contributed by atoms with Crippen LogP contribution < -0.4 is 11.1 Å². The number of rotatable bonds is 8. The molecule has 0 aliphatic heterocycles. The maximum atomic E-state index is 14.8. The van der Waals surface area contributed by atoms with E-state index in [9.17, 15) is 23.6 Å². The van der Waals surface area contributed by atoms with E-state index in [0.29, 0.717) is 25.7 Å². The van der Waals surface area contributed by atoms with Crippen LogP contribution in [-0.4, -0.2) is 35.1 Å². The summed E-state index contributed by atoms with van der Waals surface area (Å²) < 4.78 is 14.8. The van der Waals surface area contributed by atoms with Crippen molar-refractivity contribution in [2.75, 3.05) is 0 Å². The van der Waals surface area contributed by atoms with Crippen LogP contribution in [0.2, 0.25) is 0 Å². The van der Waals surface area contributed by atoms with E-state index >= 15 is 0 Å². The number of amides is 2. The van der Waals surface area contributed by atoms with Gasteiger partial charge in [-0.25, -0.2) is 4.39 Å². The summed E-state index contributed by atoms with van der Waals surface area (Å²) >= 11 is 0. The quantitative estimate of drug-likeness (QED) is 0.647. The predicted molar refractivity (Wildman–Crippen MR) is 89.3 cm³/mol. The lowest BCUT2D eigenvalue weighted by Gasteiger charge is -2.30. The fourth-order valence-electron chi connectivity index (χ4n) is 4.32. The molecule has 0 bridgehead atoms. The van der Waals surface area contributed by atoms with E-state index in [2.05, 4.69) is 5.32 Å². The maximum absolute atomic E-state index is 14.8. The standard InChI is InChI=1S/C18H27FN2O4/c1-12(22)21-13(10-18(19)8-4-5-9-18)14(23)11-17(6-2-3-7-17)15(24)16(20)25/h13H,2-11H2,1H3,(H2,20,25)(H,21,22)/t13-/m0/s1.